The van der Waals surface area contributed by atoms with E-state index >= 15 is 0 Å². The zero-order chi connectivity index (χ0) is 10.1. The second-order valence-corrected chi connectivity index (χ2v) is 3.38. The number of nitrogens with one attached hydrogen (secondary N) is 1. The van der Waals surface area contributed by atoms with Gasteiger partial charge in [-0.25, -0.2) is 0 Å². The Labute approximate surface area is 81.6 Å². The SMILES string of the molecule is Cc1c[nH]c(=O)c2ccc(CN)cc12. The standard InChI is InChI=1S/C11H12N2O/c1-7-6-13-11(14)9-3-2-8(5-12)4-10(7)9/h2-4,6H,5,12H2,1H3,(H,13,14). The van der Waals surface area contributed by atoms with Gasteiger partial charge in [0.2, 0.25) is 0 Å². The van der Waals surface area contributed by atoms with Gasteiger partial charge in [-0.3, -0.25) is 4.79 Å². The largest absolute Gasteiger partial charge is 0.328 e. The van der Waals surface area contributed by atoms with Crippen molar-refractivity contribution in [2.75, 3.05) is 0 Å². The van der Waals surface area contributed by atoms with Crippen LogP contribution in [0.3, 0.4) is 0 Å². The fourth-order valence-electron chi connectivity index (χ4n) is 1.57. The lowest BCUT2D eigenvalue weighted by molar-refractivity contribution is 1.07. The van der Waals surface area contributed by atoms with Crippen LogP contribution in [0.15, 0.2) is 29.2 Å². The molecule has 0 fully saturated rings. The molecule has 2 aromatic rings. The van der Waals surface area contributed by atoms with Crippen molar-refractivity contribution in [3.8, 4) is 0 Å². The van der Waals surface area contributed by atoms with Crippen LogP contribution in [0.1, 0.15) is 11.1 Å². The highest BCUT2D eigenvalue weighted by Gasteiger charge is 2.01. The average Bonchev–Trinajstić information content (AvgIpc) is 2.23. The van der Waals surface area contributed by atoms with E-state index in [1.807, 2.05) is 25.1 Å². The Hall–Kier alpha value is -1.61. The van der Waals surface area contributed by atoms with Crippen LogP contribution in [0.2, 0.25) is 0 Å². The molecule has 2 rings (SSSR count). The van der Waals surface area contributed by atoms with E-state index < -0.39 is 0 Å². The lowest BCUT2D eigenvalue weighted by atomic mass is 10.1. The summed E-state index contributed by atoms with van der Waals surface area (Å²) in [6.45, 7) is 2.47. The van der Waals surface area contributed by atoms with Gasteiger partial charge < -0.3 is 10.7 Å². The van der Waals surface area contributed by atoms with E-state index in [0.717, 1.165) is 21.9 Å². The lowest BCUT2D eigenvalue weighted by Gasteiger charge is -2.03. The van der Waals surface area contributed by atoms with Gasteiger partial charge in [0.25, 0.3) is 5.56 Å². The molecule has 3 nitrogen and oxygen atoms in total. The molecule has 0 saturated carbocycles. The molecule has 3 heteroatoms. The highest BCUT2D eigenvalue weighted by Crippen LogP contribution is 2.15. The summed E-state index contributed by atoms with van der Waals surface area (Å²) in [6, 6.07) is 5.68. The summed E-state index contributed by atoms with van der Waals surface area (Å²) in [6.07, 6.45) is 1.73. The van der Waals surface area contributed by atoms with Crippen molar-refractivity contribution >= 4 is 10.8 Å². The first-order chi connectivity index (χ1) is 6.72. The van der Waals surface area contributed by atoms with Crippen LogP contribution in [0.5, 0.6) is 0 Å². The van der Waals surface area contributed by atoms with Gasteiger partial charge in [-0.1, -0.05) is 6.07 Å². The Morgan fingerprint density at radius 3 is 2.86 bits per heavy atom. The molecule has 0 unspecified atom stereocenters. The Bertz CT molecular complexity index is 528. The molecule has 0 spiro atoms. The van der Waals surface area contributed by atoms with Crippen LogP contribution >= 0.6 is 0 Å². The second kappa shape index (κ2) is 3.27. The average molecular weight is 188 g/mol. The number of nitrogens with two attached hydrogens (primary N) is 1. The van der Waals surface area contributed by atoms with E-state index in [2.05, 4.69) is 4.98 Å². The minimum absolute atomic E-state index is 0.0471. The van der Waals surface area contributed by atoms with Gasteiger partial charge in [0, 0.05) is 18.1 Å². The number of rotatable bonds is 1. The molecule has 1 aromatic heterocycles. The first-order valence-electron chi connectivity index (χ1n) is 4.53. The molecular weight excluding hydrogens is 176 g/mol. The van der Waals surface area contributed by atoms with E-state index in [1.54, 1.807) is 6.20 Å². The van der Waals surface area contributed by atoms with Crippen LogP contribution in [0, 0.1) is 6.92 Å². The van der Waals surface area contributed by atoms with Gasteiger partial charge >= 0.3 is 0 Å². The maximum absolute atomic E-state index is 11.4. The first-order valence-corrected chi connectivity index (χ1v) is 4.53. The van der Waals surface area contributed by atoms with Crippen molar-refractivity contribution in [1.82, 2.24) is 4.98 Å². The van der Waals surface area contributed by atoms with Crippen LogP contribution in [0.25, 0.3) is 10.8 Å². The van der Waals surface area contributed by atoms with E-state index in [1.165, 1.54) is 0 Å². The van der Waals surface area contributed by atoms with Crippen LogP contribution in [-0.2, 0) is 6.54 Å². The Balaban J connectivity index is 2.87. The molecule has 72 valence electrons. The topological polar surface area (TPSA) is 58.9 Å². The quantitative estimate of drug-likeness (QED) is 0.708. The third-order valence-electron chi connectivity index (χ3n) is 2.41. The molecule has 3 N–H and O–H groups in total. The second-order valence-electron chi connectivity index (χ2n) is 3.38. The Morgan fingerprint density at radius 1 is 1.36 bits per heavy atom. The minimum Gasteiger partial charge on any atom is -0.328 e. The minimum atomic E-state index is -0.0471. The van der Waals surface area contributed by atoms with Crippen LogP contribution in [0.4, 0.5) is 0 Å². The maximum Gasteiger partial charge on any atom is 0.255 e. The molecule has 0 radical (unpaired) electrons. The molecule has 1 heterocycles. The Kier molecular flexibility index (Phi) is 2.09. The highest BCUT2D eigenvalue weighted by atomic mass is 16.1. The monoisotopic (exact) mass is 188 g/mol. The van der Waals surface area contributed by atoms with E-state index in [0.29, 0.717) is 6.54 Å². The van der Waals surface area contributed by atoms with Gasteiger partial charge in [0.05, 0.1) is 0 Å². The summed E-state index contributed by atoms with van der Waals surface area (Å²) < 4.78 is 0. The van der Waals surface area contributed by atoms with Crippen molar-refractivity contribution in [3.63, 3.8) is 0 Å². The number of H-pyrrole nitrogens is 1. The van der Waals surface area contributed by atoms with Gasteiger partial charge in [-0.15, -0.1) is 0 Å². The van der Waals surface area contributed by atoms with E-state index in [4.69, 9.17) is 5.73 Å². The van der Waals surface area contributed by atoms with Crippen LogP contribution in [-0.4, -0.2) is 4.98 Å². The van der Waals surface area contributed by atoms with Gasteiger partial charge in [0.15, 0.2) is 0 Å². The first kappa shape index (κ1) is 8.97. The summed E-state index contributed by atoms with van der Waals surface area (Å²) in [5, 5.41) is 1.71. The predicted molar refractivity (Wildman–Crippen MR) is 57.2 cm³/mol. The van der Waals surface area contributed by atoms with E-state index in [-0.39, 0.29) is 5.56 Å². The fraction of sp³-hybridized carbons (Fsp3) is 0.182. The lowest BCUT2D eigenvalue weighted by Crippen LogP contribution is -2.06. The zero-order valence-electron chi connectivity index (χ0n) is 8.00. The molecule has 0 aliphatic carbocycles. The summed E-state index contributed by atoms with van der Waals surface area (Å²) >= 11 is 0. The number of hydrogen-bond donors (Lipinski definition) is 2. The van der Waals surface area contributed by atoms with Crippen molar-refractivity contribution in [2.45, 2.75) is 13.5 Å². The predicted octanol–water partition coefficient (Wildman–Crippen LogP) is 1.30. The molecule has 0 aliphatic heterocycles. The summed E-state index contributed by atoms with van der Waals surface area (Å²) in [5.41, 5.74) is 7.61. The third-order valence-corrected chi connectivity index (χ3v) is 2.41. The number of fused-ring (bicyclic) bond motifs is 1. The van der Waals surface area contributed by atoms with Gasteiger partial charge in [-0.2, -0.15) is 0 Å². The molecular formula is C11H12N2O. The Morgan fingerprint density at radius 2 is 2.14 bits per heavy atom. The number of benzene rings is 1. The van der Waals surface area contributed by atoms with Gasteiger partial charge in [0.1, 0.15) is 0 Å². The van der Waals surface area contributed by atoms with Crippen LogP contribution < -0.4 is 11.3 Å². The van der Waals surface area contributed by atoms with E-state index in [9.17, 15) is 4.79 Å². The molecule has 0 atom stereocenters. The molecule has 0 aliphatic rings. The number of aryl methyl sites for hydroxylation is 1. The van der Waals surface area contributed by atoms with Crippen molar-refractivity contribution in [3.05, 3.63) is 45.9 Å². The van der Waals surface area contributed by atoms with Gasteiger partial charge in [-0.05, 0) is 35.6 Å². The van der Waals surface area contributed by atoms with Crippen molar-refractivity contribution < 1.29 is 0 Å². The third kappa shape index (κ3) is 1.32. The summed E-state index contributed by atoms with van der Waals surface area (Å²) in [4.78, 5) is 14.1. The summed E-state index contributed by atoms with van der Waals surface area (Å²) in [7, 11) is 0. The summed E-state index contributed by atoms with van der Waals surface area (Å²) in [5.74, 6) is 0. The highest BCUT2D eigenvalue weighted by molar-refractivity contribution is 5.84. The normalized spacial score (nSPS) is 10.7. The molecule has 0 bridgehead atoms. The number of pyridine rings is 1. The number of aromatic nitrogens is 1. The maximum atomic E-state index is 11.4. The molecule has 0 saturated heterocycles. The molecule has 1 aromatic carbocycles. The van der Waals surface area contributed by atoms with Crippen molar-refractivity contribution in [2.24, 2.45) is 5.73 Å². The molecule has 14 heavy (non-hydrogen) atoms. The van der Waals surface area contributed by atoms with Crippen molar-refractivity contribution in [1.29, 1.82) is 0 Å². The number of aromatic amines is 1. The number of hydrogen-bond acceptors (Lipinski definition) is 2. The zero-order valence-corrected chi connectivity index (χ0v) is 8.00. The molecule has 0 amide bonds. The fourth-order valence-corrected chi connectivity index (χ4v) is 1.57. The smallest absolute Gasteiger partial charge is 0.255 e.